The minimum absolute atomic E-state index is 0.340. The van der Waals surface area contributed by atoms with Gasteiger partial charge < -0.3 is 10.7 Å². The highest BCUT2D eigenvalue weighted by Gasteiger charge is 2.03. The summed E-state index contributed by atoms with van der Waals surface area (Å²) in [6.45, 7) is 0. The van der Waals surface area contributed by atoms with Gasteiger partial charge in [0.15, 0.2) is 5.95 Å². The summed E-state index contributed by atoms with van der Waals surface area (Å²) in [4.78, 5) is 6.83. The lowest BCUT2D eigenvalue weighted by Crippen LogP contribution is -1.84. The molecule has 1 aliphatic carbocycles. The second-order valence-electron chi connectivity index (χ2n) is 5.50. The summed E-state index contributed by atoms with van der Waals surface area (Å²) >= 11 is 5.54. The monoisotopic (exact) mass is 340 g/mol. The number of anilines is 1. The van der Waals surface area contributed by atoms with Crippen LogP contribution in [0.5, 0.6) is 0 Å². The average molecular weight is 341 g/mol. The minimum Gasteiger partial charge on any atom is -0.369 e. The normalized spacial score (nSPS) is 12.5. The molecule has 0 amide bonds. The standard InChI is InChI=1S/C8H6N4.C6H5Cl.C5H10/c9-4-5-2-1-3-6-7(5)12-8(10)11-6;7-6-4-2-1-3-5-6;1-2-4-5-3-1/h1-3H,(H3,10,11,12);1-5H;1-5H2. The van der Waals surface area contributed by atoms with E-state index in [1.54, 1.807) is 12.1 Å². The molecule has 1 aliphatic rings. The third-order valence-electron chi connectivity index (χ3n) is 3.63. The lowest BCUT2D eigenvalue weighted by Gasteiger charge is -1.87. The summed E-state index contributed by atoms with van der Waals surface area (Å²) in [6, 6.07) is 16.8. The van der Waals surface area contributed by atoms with E-state index in [2.05, 4.69) is 9.97 Å². The summed E-state index contributed by atoms with van der Waals surface area (Å²) in [7, 11) is 0. The van der Waals surface area contributed by atoms with Crippen LogP contribution in [0.15, 0.2) is 48.5 Å². The molecule has 1 heterocycles. The van der Waals surface area contributed by atoms with Crippen LogP contribution in [0, 0.1) is 11.3 Å². The number of rotatable bonds is 0. The van der Waals surface area contributed by atoms with Gasteiger partial charge in [0.05, 0.1) is 11.1 Å². The Morgan fingerprint density at radius 1 is 0.958 bits per heavy atom. The number of hydrogen-bond donors (Lipinski definition) is 2. The van der Waals surface area contributed by atoms with Crippen molar-refractivity contribution in [3.05, 3.63) is 59.1 Å². The quantitative estimate of drug-likeness (QED) is 0.582. The van der Waals surface area contributed by atoms with Crippen LogP contribution in [0.1, 0.15) is 37.7 Å². The second kappa shape index (κ2) is 9.59. The van der Waals surface area contributed by atoms with Crippen molar-refractivity contribution in [2.45, 2.75) is 32.1 Å². The molecule has 2 aromatic carbocycles. The molecule has 1 saturated carbocycles. The Balaban J connectivity index is 0.000000147. The highest BCUT2D eigenvalue weighted by molar-refractivity contribution is 6.30. The van der Waals surface area contributed by atoms with Gasteiger partial charge in [0.1, 0.15) is 11.6 Å². The van der Waals surface area contributed by atoms with Gasteiger partial charge in [-0.3, -0.25) is 0 Å². The van der Waals surface area contributed by atoms with Crippen molar-refractivity contribution in [3.63, 3.8) is 0 Å². The van der Waals surface area contributed by atoms with E-state index in [1.165, 1.54) is 32.1 Å². The third-order valence-corrected chi connectivity index (χ3v) is 3.89. The fourth-order valence-corrected chi connectivity index (χ4v) is 2.59. The Morgan fingerprint density at radius 2 is 1.58 bits per heavy atom. The number of para-hydroxylation sites is 1. The van der Waals surface area contributed by atoms with Crippen molar-refractivity contribution in [1.29, 1.82) is 5.26 Å². The Bertz CT molecular complexity index is 778. The SMILES string of the molecule is C1CCCC1.Clc1ccccc1.N#Cc1cccc2[nH]c(N)nc12. The first-order valence-electron chi connectivity index (χ1n) is 8.05. The van der Waals surface area contributed by atoms with Gasteiger partial charge in [-0.1, -0.05) is 68.0 Å². The van der Waals surface area contributed by atoms with Crippen molar-refractivity contribution in [3.8, 4) is 6.07 Å². The van der Waals surface area contributed by atoms with Gasteiger partial charge in [-0.15, -0.1) is 0 Å². The van der Waals surface area contributed by atoms with E-state index in [0.717, 1.165) is 10.5 Å². The van der Waals surface area contributed by atoms with Gasteiger partial charge in [0.2, 0.25) is 0 Å². The Labute approximate surface area is 147 Å². The first-order valence-corrected chi connectivity index (χ1v) is 8.43. The summed E-state index contributed by atoms with van der Waals surface area (Å²) in [5.74, 6) is 0.340. The molecule has 3 N–H and O–H groups in total. The molecule has 1 fully saturated rings. The number of nitrogen functional groups attached to an aromatic ring is 1. The number of halogens is 1. The molecule has 5 heteroatoms. The highest BCUT2D eigenvalue weighted by Crippen LogP contribution is 2.16. The van der Waals surface area contributed by atoms with Crippen molar-refractivity contribution in [2.75, 3.05) is 5.73 Å². The molecule has 0 atom stereocenters. The van der Waals surface area contributed by atoms with Crippen LogP contribution in [-0.2, 0) is 0 Å². The third kappa shape index (κ3) is 5.60. The predicted octanol–water partition coefficient (Wildman–Crippen LogP) is 5.31. The van der Waals surface area contributed by atoms with Crippen LogP contribution in [0.25, 0.3) is 11.0 Å². The zero-order valence-electron chi connectivity index (χ0n) is 13.5. The molecule has 1 aromatic heterocycles. The Hall–Kier alpha value is -2.51. The van der Waals surface area contributed by atoms with Crippen LogP contribution in [0.2, 0.25) is 5.02 Å². The molecule has 124 valence electrons. The van der Waals surface area contributed by atoms with Crippen LogP contribution in [0.3, 0.4) is 0 Å². The maximum Gasteiger partial charge on any atom is 0.198 e. The van der Waals surface area contributed by atoms with Gasteiger partial charge >= 0.3 is 0 Å². The topological polar surface area (TPSA) is 78.5 Å². The number of imidazole rings is 1. The van der Waals surface area contributed by atoms with Crippen molar-refractivity contribution in [2.24, 2.45) is 0 Å². The highest BCUT2D eigenvalue weighted by atomic mass is 35.5. The van der Waals surface area contributed by atoms with Crippen molar-refractivity contribution < 1.29 is 0 Å². The predicted molar refractivity (Wildman–Crippen MR) is 99.8 cm³/mol. The minimum atomic E-state index is 0.340. The molecular weight excluding hydrogens is 320 g/mol. The number of nitrogens with one attached hydrogen (secondary N) is 1. The van der Waals surface area contributed by atoms with Crippen LogP contribution >= 0.6 is 11.6 Å². The zero-order chi connectivity index (χ0) is 17.2. The molecular formula is C19H21ClN4. The van der Waals surface area contributed by atoms with Gasteiger partial charge in [-0.05, 0) is 24.3 Å². The van der Waals surface area contributed by atoms with Gasteiger partial charge in [-0.25, -0.2) is 4.98 Å². The molecule has 4 nitrogen and oxygen atoms in total. The number of aromatic amines is 1. The maximum absolute atomic E-state index is 8.70. The first kappa shape index (κ1) is 17.8. The fraction of sp³-hybridized carbons (Fsp3) is 0.263. The number of nitriles is 1. The average Bonchev–Trinajstić information content (AvgIpc) is 3.27. The molecule has 3 aromatic rings. The molecule has 4 rings (SSSR count). The van der Waals surface area contributed by atoms with Gasteiger partial charge in [0.25, 0.3) is 0 Å². The van der Waals surface area contributed by atoms with Crippen LogP contribution < -0.4 is 5.73 Å². The van der Waals surface area contributed by atoms with E-state index >= 15 is 0 Å². The van der Waals surface area contributed by atoms with Crippen LogP contribution in [-0.4, -0.2) is 9.97 Å². The number of aromatic nitrogens is 2. The Kier molecular flexibility index (Phi) is 7.13. The molecule has 0 unspecified atom stereocenters. The second-order valence-corrected chi connectivity index (χ2v) is 5.94. The van der Waals surface area contributed by atoms with Crippen LogP contribution in [0.4, 0.5) is 5.95 Å². The summed E-state index contributed by atoms with van der Waals surface area (Å²) in [6.07, 6.45) is 7.50. The van der Waals surface area contributed by atoms with Crippen molar-refractivity contribution in [1.82, 2.24) is 9.97 Å². The van der Waals surface area contributed by atoms with E-state index in [0.29, 0.717) is 17.0 Å². The molecule has 0 bridgehead atoms. The number of fused-ring (bicyclic) bond motifs is 1. The Morgan fingerprint density at radius 3 is 2.08 bits per heavy atom. The summed E-state index contributed by atoms with van der Waals surface area (Å²) in [5.41, 5.74) is 7.41. The number of benzene rings is 2. The number of nitrogens with two attached hydrogens (primary N) is 1. The van der Waals surface area contributed by atoms with E-state index in [-0.39, 0.29) is 0 Å². The van der Waals surface area contributed by atoms with E-state index in [4.69, 9.17) is 22.6 Å². The summed E-state index contributed by atoms with van der Waals surface area (Å²) in [5, 5.41) is 9.49. The number of hydrogen-bond acceptors (Lipinski definition) is 3. The largest absolute Gasteiger partial charge is 0.369 e. The maximum atomic E-state index is 8.70. The molecule has 0 aliphatic heterocycles. The van der Waals surface area contributed by atoms with E-state index in [9.17, 15) is 0 Å². The molecule has 0 saturated heterocycles. The number of nitrogens with zero attached hydrogens (tertiary/aromatic N) is 2. The fourth-order valence-electron chi connectivity index (χ4n) is 2.44. The van der Waals surface area contributed by atoms with Gasteiger partial charge in [0, 0.05) is 5.02 Å². The first-order chi connectivity index (χ1) is 11.7. The lowest BCUT2D eigenvalue weighted by atomic mass is 10.2. The zero-order valence-corrected chi connectivity index (χ0v) is 14.3. The molecule has 24 heavy (non-hydrogen) atoms. The molecule has 0 radical (unpaired) electrons. The van der Waals surface area contributed by atoms with Gasteiger partial charge in [-0.2, -0.15) is 5.26 Å². The lowest BCUT2D eigenvalue weighted by molar-refractivity contribution is 0.886. The summed E-state index contributed by atoms with van der Waals surface area (Å²) < 4.78 is 0. The van der Waals surface area contributed by atoms with E-state index < -0.39 is 0 Å². The van der Waals surface area contributed by atoms with E-state index in [1.807, 2.05) is 42.5 Å². The molecule has 0 spiro atoms. The number of H-pyrrole nitrogens is 1. The van der Waals surface area contributed by atoms with Crippen molar-refractivity contribution >= 4 is 28.6 Å². The smallest absolute Gasteiger partial charge is 0.198 e.